The number of methoxy groups -OCH3 is 1. The van der Waals surface area contributed by atoms with Crippen molar-refractivity contribution < 1.29 is 19.4 Å². The van der Waals surface area contributed by atoms with Crippen LogP contribution in [0.5, 0.6) is 5.75 Å². The number of carbonyl (C=O) groups excluding carboxylic acids is 1. The number of nitrogens with zero attached hydrogens (tertiary/aromatic N) is 4. The minimum Gasteiger partial charge on any atom is -0.494 e. The molecule has 2 aromatic rings. The third-order valence-corrected chi connectivity index (χ3v) is 3.13. The Balaban J connectivity index is 2.32. The fourth-order valence-electron chi connectivity index (χ4n) is 1.60. The van der Waals surface area contributed by atoms with Gasteiger partial charge in [-0.05, 0) is 42.5 Å². The first kappa shape index (κ1) is 15.4. The van der Waals surface area contributed by atoms with Gasteiger partial charge in [-0.15, -0.1) is 5.10 Å². The lowest BCUT2D eigenvalue weighted by Gasteiger charge is -2.19. The summed E-state index contributed by atoms with van der Waals surface area (Å²) in [5.74, 6) is -1.34. The van der Waals surface area contributed by atoms with Crippen LogP contribution in [0.25, 0.3) is 5.69 Å². The number of carboxylic acids is 1. The molecule has 0 aliphatic rings. The van der Waals surface area contributed by atoms with E-state index in [0.717, 1.165) is 0 Å². The number of hydrogen-bond acceptors (Lipinski definition) is 6. The van der Waals surface area contributed by atoms with Crippen molar-refractivity contribution in [1.29, 1.82) is 0 Å². The maximum Gasteiger partial charge on any atom is 0.318 e. The summed E-state index contributed by atoms with van der Waals surface area (Å²) in [4.78, 5) is 23.2. The minimum atomic E-state index is -1.55. The molecule has 0 fully saturated rings. The first-order valence-electron chi connectivity index (χ1n) is 6.32. The van der Waals surface area contributed by atoms with Crippen molar-refractivity contribution in [3.63, 3.8) is 0 Å². The molecule has 116 valence electrons. The van der Waals surface area contributed by atoms with E-state index in [1.165, 1.54) is 32.0 Å². The van der Waals surface area contributed by atoms with E-state index in [4.69, 9.17) is 9.84 Å². The molecule has 2 N–H and O–H groups in total. The summed E-state index contributed by atoms with van der Waals surface area (Å²) in [7, 11) is 1.50. The number of benzene rings is 1. The molecule has 1 aromatic heterocycles. The van der Waals surface area contributed by atoms with E-state index in [-0.39, 0.29) is 0 Å². The van der Waals surface area contributed by atoms with Crippen LogP contribution in [0, 0.1) is 5.41 Å². The second kappa shape index (κ2) is 5.80. The van der Waals surface area contributed by atoms with Gasteiger partial charge >= 0.3 is 5.97 Å². The summed E-state index contributed by atoms with van der Waals surface area (Å²) < 4.78 is 6.58. The lowest BCUT2D eigenvalue weighted by molar-refractivity contribution is -0.151. The molecule has 0 spiro atoms. The third-order valence-electron chi connectivity index (χ3n) is 3.13. The average Bonchev–Trinajstić information content (AvgIpc) is 3.01. The number of hydrogen-bond donors (Lipinski definition) is 2. The highest BCUT2D eigenvalue weighted by Crippen LogP contribution is 2.27. The molecule has 0 aliphatic heterocycles. The van der Waals surface area contributed by atoms with Crippen molar-refractivity contribution in [3.05, 3.63) is 24.5 Å². The Morgan fingerprint density at radius 3 is 2.64 bits per heavy atom. The number of anilines is 1. The van der Waals surface area contributed by atoms with Gasteiger partial charge in [0.25, 0.3) is 0 Å². The fraction of sp³-hybridized carbons (Fsp3) is 0.308. The molecule has 22 heavy (non-hydrogen) atoms. The van der Waals surface area contributed by atoms with Gasteiger partial charge in [-0.3, -0.25) is 9.59 Å². The number of ether oxygens (including phenoxy) is 1. The Kier molecular flexibility index (Phi) is 4.06. The van der Waals surface area contributed by atoms with Crippen molar-refractivity contribution in [1.82, 2.24) is 20.2 Å². The van der Waals surface area contributed by atoms with E-state index in [0.29, 0.717) is 17.1 Å². The number of aromatic nitrogens is 4. The standard InChI is InChI=1S/C13H15N5O4/c1-13(2,12(20)21)11(19)15-8-4-5-10(22-3)9(6-8)18-7-14-16-17-18/h4-7H,1-3H3,(H,15,19)(H,20,21). The molecule has 0 bridgehead atoms. The molecule has 0 atom stereocenters. The number of carbonyl (C=O) groups is 2. The summed E-state index contributed by atoms with van der Waals surface area (Å²) in [5.41, 5.74) is -0.626. The Morgan fingerprint density at radius 1 is 1.36 bits per heavy atom. The maximum absolute atomic E-state index is 12.1. The first-order valence-corrected chi connectivity index (χ1v) is 6.32. The number of amides is 1. The minimum absolute atomic E-state index is 0.408. The second-order valence-electron chi connectivity index (χ2n) is 5.03. The van der Waals surface area contributed by atoms with Crippen LogP contribution in [-0.2, 0) is 9.59 Å². The predicted octanol–water partition coefficient (Wildman–Crippen LogP) is 0.720. The molecular weight excluding hydrogens is 290 g/mol. The number of rotatable bonds is 5. The van der Waals surface area contributed by atoms with E-state index < -0.39 is 17.3 Å². The molecule has 1 aromatic carbocycles. The highest BCUT2D eigenvalue weighted by molar-refractivity contribution is 6.07. The number of nitrogens with one attached hydrogen (secondary N) is 1. The average molecular weight is 305 g/mol. The van der Waals surface area contributed by atoms with Gasteiger partial charge in [0.15, 0.2) is 0 Å². The molecule has 0 saturated carbocycles. The van der Waals surface area contributed by atoms with E-state index in [9.17, 15) is 9.59 Å². The van der Waals surface area contributed by atoms with Crippen LogP contribution in [0.4, 0.5) is 5.69 Å². The monoisotopic (exact) mass is 305 g/mol. The number of tetrazole rings is 1. The SMILES string of the molecule is COc1ccc(NC(=O)C(C)(C)C(=O)O)cc1-n1cnnn1. The molecule has 1 amide bonds. The lowest BCUT2D eigenvalue weighted by atomic mass is 9.92. The van der Waals surface area contributed by atoms with Crippen molar-refractivity contribution >= 4 is 17.6 Å². The second-order valence-corrected chi connectivity index (χ2v) is 5.03. The molecule has 9 heteroatoms. The molecule has 0 radical (unpaired) electrons. The molecule has 0 aliphatic carbocycles. The summed E-state index contributed by atoms with van der Waals surface area (Å²) in [6.45, 7) is 2.66. The Labute approximate surface area is 125 Å². The van der Waals surface area contributed by atoms with Gasteiger partial charge in [-0.2, -0.15) is 4.68 Å². The molecule has 2 rings (SSSR count). The fourth-order valence-corrected chi connectivity index (χ4v) is 1.60. The Morgan fingerprint density at radius 2 is 2.09 bits per heavy atom. The number of carboxylic acid groups (broad SMARTS) is 1. The van der Waals surface area contributed by atoms with Gasteiger partial charge in [0.05, 0.1) is 7.11 Å². The van der Waals surface area contributed by atoms with Crippen molar-refractivity contribution in [2.45, 2.75) is 13.8 Å². The van der Waals surface area contributed by atoms with Crippen LogP contribution in [-0.4, -0.2) is 44.3 Å². The normalized spacial score (nSPS) is 11.0. The van der Waals surface area contributed by atoms with Crippen LogP contribution < -0.4 is 10.1 Å². The molecule has 9 nitrogen and oxygen atoms in total. The van der Waals surface area contributed by atoms with Crippen LogP contribution in [0.3, 0.4) is 0 Å². The topological polar surface area (TPSA) is 119 Å². The van der Waals surface area contributed by atoms with Gasteiger partial charge in [0.1, 0.15) is 23.2 Å². The van der Waals surface area contributed by atoms with Crippen molar-refractivity contribution in [2.75, 3.05) is 12.4 Å². The van der Waals surface area contributed by atoms with Crippen LogP contribution >= 0.6 is 0 Å². The van der Waals surface area contributed by atoms with Crippen LogP contribution in [0.2, 0.25) is 0 Å². The van der Waals surface area contributed by atoms with Crippen LogP contribution in [0.15, 0.2) is 24.5 Å². The summed E-state index contributed by atoms with van der Waals surface area (Å²) in [6, 6.07) is 4.81. The zero-order chi connectivity index (χ0) is 16.3. The number of aliphatic carboxylic acids is 1. The van der Waals surface area contributed by atoms with E-state index in [1.54, 1.807) is 18.2 Å². The van der Waals surface area contributed by atoms with Gasteiger partial charge in [-0.25, -0.2) is 0 Å². The maximum atomic E-state index is 12.1. The quantitative estimate of drug-likeness (QED) is 0.781. The zero-order valence-electron chi connectivity index (χ0n) is 12.3. The van der Waals surface area contributed by atoms with Crippen molar-refractivity contribution in [2.24, 2.45) is 5.41 Å². The molecule has 0 saturated heterocycles. The molecule has 0 unspecified atom stereocenters. The zero-order valence-corrected chi connectivity index (χ0v) is 12.3. The van der Waals surface area contributed by atoms with Gasteiger partial charge in [-0.1, -0.05) is 0 Å². The lowest BCUT2D eigenvalue weighted by Crippen LogP contribution is -2.37. The van der Waals surface area contributed by atoms with Gasteiger partial charge < -0.3 is 15.2 Å². The van der Waals surface area contributed by atoms with E-state index in [1.807, 2.05) is 0 Å². The Bertz CT molecular complexity index is 696. The van der Waals surface area contributed by atoms with Gasteiger partial charge in [0.2, 0.25) is 5.91 Å². The summed E-state index contributed by atoms with van der Waals surface area (Å²) >= 11 is 0. The predicted molar refractivity (Wildman–Crippen MR) is 75.8 cm³/mol. The van der Waals surface area contributed by atoms with E-state index >= 15 is 0 Å². The smallest absolute Gasteiger partial charge is 0.318 e. The summed E-state index contributed by atoms with van der Waals surface area (Å²) in [5, 5.41) is 22.5. The highest BCUT2D eigenvalue weighted by Gasteiger charge is 2.36. The van der Waals surface area contributed by atoms with Crippen molar-refractivity contribution in [3.8, 4) is 11.4 Å². The third kappa shape index (κ3) is 2.87. The largest absolute Gasteiger partial charge is 0.494 e. The molecular formula is C13H15N5O4. The first-order chi connectivity index (χ1) is 10.4. The van der Waals surface area contributed by atoms with Gasteiger partial charge in [0, 0.05) is 5.69 Å². The van der Waals surface area contributed by atoms with E-state index in [2.05, 4.69) is 20.8 Å². The summed E-state index contributed by atoms with van der Waals surface area (Å²) in [6.07, 6.45) is 1.38. The highest BCUT2D eigenvalue weighted by atomic mass is 16.5. The van der Waals surface area contributed by atoms with Crippen LogP contribution in [0.1, 0.15) is 13.8 Å². The Hall–Kier alpha value is -2.97. The molecule has 1 heterocycles.